The highest BCUT2D eigenvalue weighted by Crippen LogP contribution is 2.16. The van der Waals surface area contributed by atoms with Crippen molar-refractivity contribution in [3.05, 3.63) is 12.2 Å². The quantitative estimate of drug-likeness (QED) is 0.675. The molecule has 4 heteroatoms. The zero-order valence-electron chi connectivity index (χ0n) is 7.32. The lowest BCUT2D eigenvalue weighted by Crippen LogP contribution is -2.28. The Morgan fingerprint density at radius 1 is 1.75 bits per heavy atom. The van der Waals surface area contributed by atoms with E-state index in [-0.39, 0.29) is 0 Å². The summed E-state index contributed by atoms with van der Waals surface area (Å²) in [6, 6.07) is 0. The zero-order chi connectivity index (χ0) is 8.39. The van der Waals surface area contributed by atoms with Crippen LogP contribution in [0.1, 0.15) is 12.2 Å². The van der Waals surface area contributed by atoms with Crippen LogP contribution in [0.15, 0.2) is 6.33 Å². The van der Waals surface area contributed by atoms with Crippen LogP contribution in [0, 0.1) is 5.92 Å². The minimum Gasteiger partial charge on any atom is -0.319 e. The van der Waals surface area contributed by atoms with E-state index in [1.165, 1.54) is 6.42 Å². The maximum Gasteiger partial charge on any atom is 0.138 e. The summed E-state index contributed by atoms with van der Waals surface area (Å²) in [5.74, 6) is 1.87. The van der Waals surface area contributed by atoms with Crippen molar-refractivity contribution in [1.29, 1.82) is 0 Å². The normalized spacial score (nSPS) is 22.2. The molecule has 12 heavy (non-hydrogen) atoms. The molecule has 1 aromatic rings. The topological polar surface area (TPSA) is 42.7 Å². The Kier molecular flexibility index (Phi) is 2.08. The molecule has 0 bridgehead atoms. The molecular weight excluding hydrogens is 152 g/mol. The van der Waals surface area contributed by atoms with E-state index in [1.54, 1.807) is 6.33 Å². The van der Waals surface area contributed by atoms with Crippen LogP contribution in [0.2, 0.25) is 0 Å². The molecule has 0 saturated carbocycles. The molecule has 0 radical (unpaired) electrons. The van der Waals surface area contributed by atoms with Crippen molar-refractivity contribution in [3.8, 4) is 0 Å². The first kappa shape index (κ1) is 7.73. The molecule has 0 spiro atoms. The van der Waals surface area contributed by atoms with Crippen molar-refractivity contribution in [1.82, 2.24) is 20.1 Å². The fourth-order valence-corrected chi connectivity index (χ4v) is 1.76. The minimum absolute atomic E-state index is 0.726. The van der Waals surface area contributed by atoms with E-state index in [2.05, 4.69) is 15.4 Å². The van der Waals surface area contributed by atoms with Gasteiger partial charge < -0.3 is 5.32 Å². The number of rotatable bonds is 2. The van der Waals surface area contributed by atoms with E-state index < -0.39 is 0 Å². The number of fused-ring (bicyclic) bond motifs is 1. The summed E-state index contributed by atoms with van der Waals surface area (Å²) >= 11 is 0. The summed E-state index contributed by atoms with van der Waals surface area (Å²) in [6.07, 6.45) is 3.96. The van der Waals surface area contributed by atoms with Gasteiger partial charge in [-0.25, -0.2) is 9.67 Å². The third-order valence-electron chi connectivity index (χ3n) is 2.40. The molecule has 0 aliphatic carbocycles. The van der Waals surface area contributed by atoms with Gasteiger partial charge in [-0.3, -0.25) is 0 Å². The van der Waals surface area contributed by atoms with Crippen LogP contribution in [0.3, 0.4) is 0 Å². The average Bonchev–Trinajstić information content (AvgIpc) is 2.51. The maximum absolute atomic E-state index is 4.18. The fraction of sp³-hybridized carbons (Fsp3) is 0.750. The van der Waals surface area contributed by atoms with Gasteiger partial charge in [-0.15, -0.1) is 0 Å². The SMILES string of the molecule is CNCC1CCc2ncnn2C1. The molecule has 4 nitrogen and oxygen atoms in total. The third kappa shape index (κ3) is 1.34. The van der Waals surface area contributed by atoms with Gasteiger partial charge in [0.2, 0.25) is 0 Å². The predicted octanol–water partition coefficient (Wildman–Crippen LogP) is 0.0599. The fourth-order valence-electron chi connectivity index (χ4n) is 1.76. The molecule has 0 saturated heterocycles. The molecule has 1 aliphatic rings. The van der Waals surface area contributed by atoms with Crippen molar-refractivity contribution in [2.45, 2.75) is 19.4 Å². The third-order valence-corrected chi connectivity index (χ3v) is 2.40. The highest BCUT2D eigenvalue weighted by molar-refractivity contribution is 4.90. The van der Waals surface area contributed by atoms with Crippen LogP contribution in [0.4, 0.5) is 0 Å². The average molecular weight is 166 g/mol. The van der Waals surface area contributed by atoms with E-state index in [9.17, 15) is 0 Å². The molecule has 0 aromatic carbocycles. The van der Waals surface area contributed by atoms with Gasteiger partial charge in [0.05, 0.1) is 0 Å². The summed E-state index contributed by atoms with van der Waals surface area (Å²) < 4.78 is 2.02. The molecule has 1 N–H and O–H groups in total. The predicted molar refractivity (Wildman–Crippen MR) is 45.8 cm³/mol. The summed E-state index contributed by atoms with van der Waals surface area (Å²) in [6.45, 7) is 2.11. The largest absolute Gasteiger partial charge is 0.319 e. The van der Waals surface area contributed by atoms with Gasteiger partial charge in [-0.2, -0.15) is 5.10 Å². The van der Waals surface area contributed by atoms with Crippen LogP contribution in [-0.4, -0.2) is 28.4 Å². The number of nitrogens with one attached hydrogen (secondary N) is 1. The maximum atomic E-state index is 4.18. The number of aromatic nitrogens is 3. The molecule has 0 amide bonds. The second kappa shape index (κ2) is 3.23. The number of nitrogens with zero attached hydrogens (tertiary/aromatic N) is 3. The minimum atomic E-state index is 0.726. The standard InChI is InChI=1S/C8H14N4/c1-9-4-7-2-3-8-10-6-11-12(8)5-7/h6-7,9H,2-5H2,1H3. The van der Waals surface area contributed by atoms with Gasteiger partial charge in [-0.1, -0.05) is 0 Å². The Balaban J connectivity index is 2.05. The summed E-state index contributed by atoms with van der Waals surface area (Å²) in [4.78, 5) is 4.18. The molecule has 1 aliphatic heterocycles. The van der Waals surface area contributed by atoms with E-state index >= 15 is 0 Å². The van der Waals surface area contributed by atoms with Crippen LogP contribution < -0.4 is 5.32 Å². The van der Waals surface area contributed by atoms with E-state index in [4.69, 9.17) is 0 Å². The summed E-state index contributed by atoms with van der Waals surface area (Å²) in [7, 11) is 2.00. The van der Waals surface area contributed by atoms with E-state index in [1.807, 2.05) is 11.7 Å². The first-order chi connectivity index (χ1) is 5.90. The molecule has 1 atom stereocenters. The molecule has 66 valence electrons. The van der Waals surface area contributed by atoms with Crippen molar-refractivity contribution in [2.75, 3.05) is 13.6 Å². The number of hydrogen-bond acceptors (Lipinski definition) is 3. The molecule has 2 heterocycles. The van der Waals surface area contributed by atoms with Gasteiger partial charge in [0.1, 0.15) is 12.2 Å². The first-order valence-electron chi connectivity index (χ1n) is 4.41. The van der Waals surface area contributed by atoms with Crippen LogP contribution in [0.5, 0.6) is 0 Å². The lowest BCUT2D eigenvalue weighted by atomic mass is 10.00. The zero-order valence-corrected chi connectivity index (χ0v) is 7.32. The van der Waals surface area contributed by atoms with Gasteiger partial charge in [0.25, 0.3) is 0 Å². The number of hydrogen-bond donors (Lipinski definition) is 1. The molecule has 1 aromatic heterocycles. The Morgan fingerprint density at radius 3 is 3.50 bits per heavy atom. The van der Waals surface area contributed by atoms with Gasteiger partial charge in [-0.05, 0) is 25.9 Å². The van der Waals surface area contributed by atoms with Crippen molar-refractivity contribution < 1.29 is 0 Å². The monoisotopic (exact) mass is 166 g/mol. The molecule has 2 rings (SSSR count). The second-order valence-electron chi connectivity index (χ2n) is 3.32. The van der Waals surface area contributed by atoms with E-state index in [0.717, 1.165) is 31.3 Å². The Morgan fingerprint density at radius 2 is 2.67 bits per heavy atom. The lowest BCUT2D eigenvalue weighted by molar-refractivity contribution is 0.335. The summed E-state index contributed by atoms with van der Waals surface area (Å²) in [5.41, 5.74) is 0. The Bertz CT molecular complexity index is 255. The first-order valence-corrected chi connectivity index (χ1v) is 4.41. The highest BCUT2D eigenvalue weighted by Gasteiger charge is 2.18. The van der Waals surface area contributed by atoms with Gasteiger partial charge in [0, 0.05) is 13.0 Å². The van der Waals surface area contributed by atoms with Crippen LogP contribution in [-0.2, 0) is 13.0 Å². The Hall–Kier alpha value is -0.900. The van der Waals surface area contributed by atoms with Gasteiger partial charge in [0.15, 0.2) is 0 Å². The molecule has 1 unspecified atom stereocenters. The van der Waals surface area contributed by atoms with E-state index in [0.29, 0.717) is 0 Å². The second-order valence-corrected chi connectivity index (χ2v) is 3.32. The van der Waals surface area contributed by atoms with Crippen LogP contribution >= 0.6 is 0 Å². The van der Waals surface area contributed by atoms with Crippen molar-refractivity contribution in [3.63, 3.8) is 0 Å². The lowest BCUT2D eigenvalue weighted by Gasteiger charge is -2.21. The van der Waals surface area contributed by atoms with Crippen molar-refractivity contribution >= 4 is 0 Å². The smallest absolute Gasteiger partial charge is 0.138 e. The molecular formula is C8H14N4. The number of aryl methyl sites for hydroxylation is 1. The van der Waals surface area contributed by atoms with Gasteiger partial charge >= 0.3 is 0 Å². The molecule has 0 fully saturated rings. The van der Waals surface area contributed by atoms with Crippen molar-refractivity contribution in [2.24, 2.45) is 5.92 Å². The highest BCUT2D eigenvalue weighted by atomic mass is 15.3. The summed E-state index contributed by atoms with van der Waals surface area (Å²) in [5, 5.41) is 7.37. The van der Waals surface area contributed by atoms with Crippen LogP contribution in [0.25, 0.3) is 0 Å². The Labute approximate surface area is 72.0 Å².